The van der Waals surface area contributed by atoms with Crippen molar-refractivity contribution in [3.05, 3.63) is 47.0 Å². The van der Waals surface area contributed by atoms with Crippen molar-refractivity contribution in [3.8, 4) is 34.8 Å². The topological polar surface area (TPSA) is 80.0 Å². The van der Waals surface area contributed by atoms with Gasteiger partial charge >= 0.3 is 0 Å². The molecule has 2 heterocycles. The molecule has 0 aliphatic carbocycles. The van der Waals surface area contributed by atoms with E-state index in [0.29, 0.717) is 27.3 Å². The van der Waals surface area contributed by atoms with Gasteiger partial charge in [0.15, 0.2) is 17.5 Å². The number of ether oxygens (including phenoxy) is 4. The average Bonchev–Trinajstić information content (AvgIpc) is 3.19. The fourth-order valence-electron chi connectivity index (χ4n) is 3.97. The summed E-state index contributed by atoms with van der Waals surface area (Å²) in [4.78, 5) is 11.6. The molecule has 2 N–H and O–H groups in total. The number of carbonyl (C=O) groups excluding carboxylic acids is 1. The molecule has 0 fully saturated rings. The van der Waals surface area contributed by atoms with E-state index in [9.17, 15) is 4.79 Å². The molecular formula is C23H25N2O5+. The molecule has 2 aliphatic rings. The number of rotatable bonds is 4. The van der Waals surface area contributed by atoms with Crippen LogP contribution in [0, 0.1) is 11.8 Å². The summed E-state index contributed by atoms with van der Waals surface area (Å²) < 4.78 is 23.4. The smallest absolute Gasteiger partial charge is 0.252 e. The quantitative estimate of drug-likeness (QED) is 0.619. The van der Waals surface area contributed by atoms with Gasteiger partial charge in [0.1, 0.15) is 12.4 Å². The van der Waals surface area contributed by atoms with Gasteiger partial charge in [0, 0.05) is 6.42 Å². The van der Waals surface area contributed by atoms with Crippen molar-refractivity contribution < 1.29 is 28.2 Å². The molecular weight excluding hydrogens is 384 g/mol. The highest BCUT2D eigenvalue weighted by Crippen LogP contribution is 2.50. The number of fused-ring (bicyclic) bond motifs is 2. The number of para-hydroxylation sites is 1. The summed E-state index contributed by atoms with van der Waals surface area (Å²) in [7, 11) is 5.94. The fourth-order valence-corrected chi connectivity index (χ4v) is 3.97. The van der Waals surface area contributed by atoms with Crippen molar-refractivity contribution in [2.24, 2.45) is 5.73 Å². The van der Waals surface area contributed by atoms with Gasteiger partial charge in [0.2, 0.25) is 12.5 Å². The predicted octanol–water partition coefficient (Wildman–Crippen LogP) is 2.28. The second-order valence-electron chi connectivity index (χ2n) is 7.84. The van der Waals surface area contributed by atoms with Crippen LogP contribution in [0.4, 0.5) is 0 Å². The Morgan fingerprint density at radius 3 is 2.87 bits per heavy atom. The number of carbonyl (C=O) groups is 1. The molecule has 4 rings (SSSR count). The number of hydrogen-bond donors (Lipinski definition) is 1. The third-order valence-electron chi connectivity index (χ3n) is 5.57. The largest absolute Gasteiger partial charge is 0.492 e. The Bertz CT molecular complexity index is 1050. The van der Waals surface area contributed by atoms with E-state index in [2.05, 4.69) is 25.9 Å². The van der Waals surface area contributed by atoms with Crippen LogP contribution in [0.25, 0.3) is 0 Å². The molecule has 0 bridgehead atoms. The first-order valence-electron chi connectivity index (χ1n) is 9.74. The van der Waals surface area contributed by atoms with E-state index in [0.717, 1.165) is 29.8 Å². The highest BCUT2D eigenvalue weighted by Gasteiger charge is 2.40. The van der Waals surface area contributed by atoms with Crippen molar-refractivity contribution in [1.29, 1.82) is 0 Å². The Morgan fingerprint density at radius 2 is 2.10 bits per heavy atom. The van der Waals surface area contributed by atoms with Gasteiger partial charge in [0.05, 0.1) is 38.9 Å². The zero-order valence-corrected chi connectivity index (χ0v) is 17.4. The fraction of sp³-hybridized carbons (Fsp3) is 0.348. The van der Waals surface area contributed by atoms with Gasteiger partial charge < -0.3 is 29.2 Å². The number of primary amides is 1. The Labute approximate surface area is 175 Å². The first-order valence-corrected chi connectivity index (χ1v) is 9.74. The summed E-state index contributed by atoms with van der Waals surface area (Å²) in [5, 5.41) is 0. The lowest BCUT2D eigenvalue weighted by atomic mass is 9.89. The molecule has 2 aliphatic heterocycles. The van der Waals surface area contributed by atoms with Crippen LogP contribution in [-0.2, 0) is 6.42 Å². The zero-order chi connectivity index (χ0) is 21.3. The second kappa shape index (κ2) is 7.81. The summed E-state index contributed by atoms with van der Waals surface area (Å²) in [5.41, 5.74) is 7.94. The average molecular weight is 409 g/mol. The summed E-state index contributed by atoms with van der Waals surface area (Å²) in [6, 6.07) is 8.80. The minimum Gasteiger partial charge on any atom is -0.492 e. The Morgan fingerprint density at radius 1 is 1.30 bits per heavy atom. The van der Waals surface area contributed by atoms with Crippen molar-refractivity contribution in [2.75, 3.05) is 41.1 Å². The standard InChI is InChI=1S/C23H24N2O5/c1-25(2)11-10-15-13-19-21(30-14-29-19)22(27-3)20(15)17(25)8-6-12-28-18-9-5-4-7-16(18)23(24)26/h4-5,7,9,13,17H,10-12,14H2,1-3H3,(H-,24,26)/p+1/t17-/m1/s1. The Balaban J connectivity index is 1.64. The van der Waals surface area contributed by atoms with Gasteiger partial charge in [-0.3, -0.25) is 4.79 Å². The lowest BCUT2D eigenvalue weighted by Gasteiger charge is -2.40. The highest BCUT2D eigenvalue weighted by atomic mass is 16.7. The number of methoxy groups -OCH3 is 1. The lowest BCUT2D eigenvalue weighted by Crippen LogP contribution is -2.47. The molecule has 30 heavy (non-hydrogen) atoms. The maximum atomic E-state index is 11.6. The number of benzene rings is 2. The van der Waals surface area contributed by atoms with Gasteiger partial charge in [-0.25, -0.2) is 0 Å². The molecule has 1 atom stereocenters. The Kier molecular flexibility index (Phi) is 5.18. The molecule has 7 heteroatoms. The number of amides is 1. The van der Waals surface area contributed by atoms with Crippen LogP contribution in [0.5, 0.6) is 23.0 Å². The molecule has 1 amide bonds. The van der Waals surface area contributed by atoms with E-state index in [1.54, 1.807) is 31.4 Å². The monoisotopic (exact) mass is 409 g/mol. The first kappa shape index (κ1) is 19.9. The molecule has 0 aromatic heterocycles. The van der Waals surface area contributed by atoms with Crippen LogP contribution in [0.3, 0.4) is 0 Å². The van der Waals surface area contributed by atoms with Gasteiger partial charge in [-0.1, -0.05) is 18.1 Å². The number of nitrogens with two attached hydrogens (primary N) is 1. The van der Waals surface area contributed by atoms with Crippen molar-refractivity contribution in [3.63, 3.8) is 0 Å². The molecule has 2 aromatic rings. The van der Waals surface area contributed by atoms with Crippen LogP contribution in [0.2, 0.25) is 0 Å². The van der Waals surface area contributed by atoms with Gasteiger partial charge in [-0.05, 0) is 29.7 Å². The molecule has 2 aromatic carbocycles. The third-order valence-corrected chi connectivity index (χ3v) is 5.57. The maximum Gasteiger partial charge on any atom is 0.252 e. The van der Waals surface area contributed by atoms with E-state index in [-0.39, 0.29) is 19.4 Å². The minimum atomic E-state index is -0.529. The van der Waals surface area contributed by atoms with E-state index in [4.69, 9.17) is 24.7 Å². The van der Waals surface area contributed by atoms with E-state index < -0.39 is 5.91 Å². The van der Waals surface area contributed by atoms with E-state index in [1.807, 2.05) is 6.07 Å². The molecule has 156 valence electrons. The molecule has 0 spiro atoms. The number of hydrogen-bond acceptors (Lipinski definition) is 5. The van der Waals surface area contributed by atoms with Crippen molar-refractivity contribution >= 4 is 5.91 Å². The van der Waals surface area contributed by atoms with Crippen LogP contribution in [-0.4, -0.2) is 51.5 Å². The third kappa shape index (κ3) is 3.51. The summed E-state index contributed by atoms with van der Waals surface area (Å²) >= 11 is 0. The summed E-state index contributed by atoms with van der Waals surface area (Å²) in [6.07, 6.45) is 0.899. The molecule has 7 nitrogen and oxygen atoms in total. The SMILES string of the molecule is COc1c2c(cc3c1[C@@H](C#CCOc1ccccc1C(N)=O)[N+](C)(C)CC3)OCO2. The number of likely N-dealkylation sites (N-methyl/N-ethyl adjacent to an activating group) is 1. The second-order valence-corrected chi connectivity index (χ2v) is 7.84. The van der Waals surface area contributed by atoms with Crippen LogP contribution in [0.15, 0.2) is 30.3 Å². The molecule has 0 unspecified atom stereocenters. The normalized spacial score (nSPS) is 18.0. The number of quaternary nitrogens is 1. The van der Waals surface area contributed by atoms with Gasteiger partial charge in [-0.2, -0.15) is 0 Å². The molecule has 0 saturated carbocycles. The van der Waals surface area contributed by atoms with Gasteiger partial charge in [0.25, 0.3) is 5.91 Å². The van der Waals surface area contributed by atoms with Crippen LogP contribution >= 0.6 is 0 Å². The summed E-state index contributed by atoms with van der Waals surface area (Å²) in [5.74, 6) is 8.41. The summed E-state index contributed by atoms with van der Waals surface area (Å²) in [6.45, 7) is 1.26. The number of nitrogens with zero attached hydrogens (tertiary/aromatic N) is 1. The molecule has 0 saturated heterocycles. The lowest BCUT2D eigenvalue weighted by molar-refractivity contribution is -0.914. The van der Waals surface area contributed by atoms with Gasteiger partial charge in [-0.15, -0.1) is 0 Å². The van der Waals surface area contributed by atoms with Crippen molar-refractivity contribution in [1.82, 2.24) is 0 Å². The van der Waals surface area contributed by atoms with E-state index >= 15 is 0 Å². The minimum absolute atomic E-state index is 0.117. The molecule has 0 radical (unpaired) electrons. The van der Waals surface area contributed by atoms with Crippen LogP contribution < -0.4 is 24.7 Å². The highest BCUT2D eigenvalue weighted by molar-refractivity contribution is 5.95. The first-order chi connectivity index (χ1) is 14.4. The predicted molar refractivity (Wildman–Crippen MR) is 111 cm³/mol. The van der Waals surface area contributed by atoms with E-state index in [1.165, 1.54) is 0 Å². The maximum absolute atomic E-state index is 11.6. The van der Waals surface area contributed by atoms with Crippen LogP contribution in [0.1, 0.15) is 27.5 Å². The Hall–Kier alpha value is -3.37. The van der Waals surface area contributed by atoms with Crippen molar-refractivity contribution in [2.45, 2.75) is 12.5 Å². The zero-order valence-electron chi connectivity index (χ0n) is 17.4.